The van der Waals surface area contributed by atoms with Crippen molar-refractivity contribution in [2.75, 3.05) is 4.90 Å². The SMILES string of the molecule is C[Si]1(C)c2ccccc2N2c3cc4c(oc5ccccc54)c4c3B(c3cccc1c32)n1c2sc3ccccc3c2c2cccc-4c21. The summed E-state index contributed by atoms with van der Waals surface area (Å²) in [7, 11) is -2.00. The van der Waals surface area contributed by atoms with Gasteiger partial charge in [-0.1, -0.05) is 104 Å². The van der Waals surface area contributed by atoms with Gasteiger partial charge in [-0.25, -0.2) is 0 Å². The first-order chi connectivity index (χ1) is 22.6. The second kappa shape index (κ2) is 7.84. The molecule has 6 heterocycles. The summed E-state index contributed by atoms with van der Waals surface area (Å²) in [6.07, 6.45) is 0. The van der Waals surface area contributed by atoms with E-state index in [2.05, 4.69) is 138 Å². The maximum atomic E-state index is 6.87. The van der Waals surface area contributed by atoms with Crippen LogP contribution in [0, 0.1) is 0 Å². The monoisotopic (exact) mass is 620 g/mol. The van der Waals surface area contributed by atoms with Crippen LogP contribution in [0.3, 0.4) is 0 Å². The Hall–Kier alpha value is -5.04. The summed E-state index contributed by atoms with van der Waals surface area (Å²) in [5.41, 5.74) is 12.5. The molecule has 46 heavy (non-hydrogen) atoms. The van der Waals surface area contributed by atoms with Gasteiger partial charge in [-0.3, -0.25) is 0 Å². The minimum absolute atomic E-state index is 0.0341. The predicted molar refractivity (Wildman–Crippen MR) is 199 cm³/mol. The number of furan rings is 1. The topological polar surface area (TPSA) is 21.3 Å². The standard InChI is InChI=1S/C40H25BN2OSSi/c1-46(2)32-19-8-5-16-28(32)42-29-21-26-22-11-3-6-17-30(22)44-39(26)35-25-14-9-13-24-34-23-12-4-7-18-31(23)45-40(34)43(37(24)25)41(36(29)35)27-15-10-20-33(46)38(27)42/h3-21H,1-2H3. The molecule has 0 amide bonds. The van der Waals surface area contributed by atoms with Gasteiger partial charge in [-0.05, 0) is 45.6 Å². The number of anilines is 3. The van der Waals surface area contributed by atoms with E-state index in [0.717, 1.165) is 11.2 Å². The minimum Gasteiger partial charge on any atom is -0.455 e. The van der Waals surface area contributed by atoms with E-state index in [1.54, 1.807) is 0 Å². The van der Waals surface area contributed by atoms with Crippen LogP contribution in [0.5, 0.6) is 0 Å². The molecule has 3 aliphatic rings. The van der Waals surface area contributed by atoms with Gasteiger partial charge in [-0.15, -0.1) is 11.3 Å². The first-order valence-corrected chi connectivity index (χ1v) is 19.9. The average Bonchev–Trinajstić information content (AvgIpc) is 3.75. The van der Waals surface area contributed by atoms with Crippen LogP contribution in [0.15, 0.2) is 120 Å². The predicted octanol–water partition coefficient (Wildman–Crippen LogP) is 8.46. The Balaban J connectivity index is 1.36. The number of thiophene rings is 1. The summed E-state index contributed by atoms with van der Waals surface area (Å²) in [4.78, 5) is 3.97. The van der Waals surface area contributed by atoms with E-state index in [-0.39, 0.29) is 6.85 Å². The molecule has 0 saturated carbocycles. The zero-order chi connectivity index (χ0) is 30.1. The van der Waals surface area contributed by atoms with E-state index in [4.69, 9.17) is 4.42 Å². The van der Waals surface area contributed by atoms with Gasteiger partial charge in [0.05, 0.1) is 4.83 Å². The Bertz CT molecular complexity index is 2880. The molecule has 3 aliphatic heterocycles. The molecule has 9 aromatic rings. The van der Waals surface area contributed by atoms with E-state index in [0.29, 0.717) is 0 Å². The maximum absolute atomic E-state index is 6.87. The lowest BCUT2D eigenvalue weighted by Gasteiger charge is -2.47. The summed E-state index contributed by atoms with van der Waals surface area (Å²) >= 11 is 1.93. The highest BCUT2D eigenvalue weighted by Gasteiger charge is 2.49. The lowest BCUT2D eigenvalue weighted by Crippen LogP contribution is -2.65. The van der Waals surface area contributed by atoms with E-state index < -0.39 is 8.07 Å². The maximum Gasteiger partial charge on any atom is 0.333 e. The van der Waals surface area contributed by atoms with Crippen LogP contribution in [0.4, 0.5) is 17.1 Å². The van der Waals surface area contributed by atoms with E-state index >= 15 is 0 Å². The molecule has 3 nitrogen and oxygen atoms in total. The lowest BCUT2D eigenvalue weighted by atomic mass is 9.45. The quantitative estimate of drug-likeness (QED) is 0.159. The van der Waals surface area contributed by atoms with Crippen LogP contribution < -0.4 is 26.2 Å². The second-order valence-electron chi connectivity index (χ2n) is 13.6. The second-order valence-corrected chi connectivity index (χ2v) is 19.0. The van der Waals surface area contributed by atoms with Crippen molar-refractivity contribution in [2.45, 2.75) is 13.1 Å². The molecule has 3 aromatic heterocycles. The Labute approximate surface area is 270 Å². The van der Waals surface area contributed by atoms with E-state index in [1.807, 2.05) is 11.3 Å². The Morgan fingerprint density at radius 3 is 2.39 bits per heavy atom. The molecule has 0 radical (unpaired) electrons. The number of rotatable bonds is 0. The molecule has 6 aromatic carbocycles. The molecule has 0 saturated heterocycles. The van der Waals surface area contributed by atoms with E-state index in [1.165, 1.54) is 91.5 Å². The zero-order valence-electron chi connectivity index (χ0n) is 25.3. The molecule has 0 N–H and O–H groups in total. The zero-order valence-corrected chi connectivity index (χ0v) is 27.1. The number of aromatic nitrogens is 1. The Morgan fingerprint density at radius 2 is 1.46 bits per heavy atom. The molecule has 0 fully saturated rings. The third-order valence-electron chi connectivity index (χ3n) is 11.1. The van der Waals surface area contributed by atoms with Gasteiger partial charge in [-0.2, -0.15) is 0 Å². The number of fused-ring (bicyclic) bond motifs is 15. The molecular weight excluding hydrogens is 595 g/mol. The fraction of sp³-hybridized carbons (Fsp3) is 0.0500. The summed E-state index contributed by atoms with van der Waals surface area (Å²) < 4.78 is 10.9. The van der Waals surface area contributed by atoms with Crippen LogP contribution in [-0.4, -0.2) is 19.4 Å². The Kier molecular flexibility index (Phi) is 4.13. The lowest BCUT2D eigenvalue weighted by molar-refractivity contribution is 0.670. The van der Waals surface area contributed by atoms with Gasteiger partial charge in [0.25, 0.3) is 0 Å². The smallest absolute Gasteiger partial charge is 0.333 e. The molecule has 214 valence electrons. The molecular formula is C40H25BN2OSSi. The number of para-hydroxylation sites is 4. The molecule has 12 rings (SSSR count). The van der Waals surface area contributed by atoms with Gasteiger partial charge in [0.2, 0.25) is 0 Å². The fourth-order valence-corrected chi connectivity index (χ4v) is 13.5. The molecule has 0 aliphatic carbocycles. The van der Waals surface area contributed by atoms with Crippen molar-refractivity contribution >= 4 is 118 Å². The minimum atomic E-state index is -2.00. The normalized spacial score (nSPS) is 15.3. The average molecular weight is 621 g/mol. The summed E-state index contributed by atoms with van der Waals surface area (Å²) in [5.74, 6) is 0. The summed E-state index contributed by atoms with van der Waals surface area (Å²) in [5, 5.41) is 9.43. The Morgan fingerprint density at radius 1 is 0.696 bits per heavy atom. The van der Waals surface area contributed by atoms with Crippen LogP contribution in [0.1, 0.15) is 0 Å². The van der Waals surface area contributed by atoms with E-state index in [9.17, 15) is 0 Å². The first kappa shape index (κ1) is 24.2. The van der Waals surface area contributed by atoms with Gasteiger partial charge in [0.1, 0.15) is 19.2 Å². The van der Waals surface area contributed by atoms with Crippen LogP contribution in [-0.2, 0) is 0 Å². The first-order valence-electron chi connectivity index (χ1n) is 16.1. The van der Waals surface area contributed by atoms with Gasteiger partial charge in [0.15, 0.2) is 0 Å². The molecule has 0 atom stereocenters. The third-order valence-corrected chi connectivity index (χ3v) is 15.8. The van der Waals surface area contributed by atoms with Crippen molar-refractivity contribution in [3.63, 3.8) is 0 Å². The van der Waals surface area contributed by atoms with Crippen molar-refractivity contribution in [2.24, 2.45) is 0 Å². The van der Waals surface area contributed by atoms with Crippen LogP contribution >= 0.6 is 11.3 Å². The number of benzene rings is 6. The number of nitrogens with zero attached hydrogens (tertiary/aromatic N) is 2. The summed E-state index contributed by atoms with van der Waals surface area (Å²) in [6.45, 7) is 5.09. The fourth-order valence-electron chi connectivity index (χ4n) is 9.28. The van der Waals surface area contributed by atoms with Gasteiger partial charge >= 0.3 is 6.85 Å². The molecule has 0 spiro atoms. The van der Waals surface area contributed by atoms with Crippen LogP contribution in [0.25, 0.3) is 64.3 Å². The molecule has 6 heteroatoms. The number of hydrogen-bond acceptors (Lipinski definition) is 3. The molecule has 0 unspecified atom stereocenters. The highest BCUT2D eigenvalue weighted by Crippen LogP contribution is 2.51. The third kappa shape index (κ3) is 2.56. The van der Waals surface area contributed by atoms with Crippen molar-refractivity contribution in [1.82, 2.24) is 4.48 Å². The van der Waals surface area contributed by atoms with Crippen molar-refractivity contribution < 1.29 is 4.42 Å². The highest BCUT2D eigenvalue weighted by atomic mass is 32.1. The van der Waals surface area contributed by atoms with Crippen LogP contribution in [0.2, 0.25) is 13.1 Å². The van der Waals surface area contributed by atoms with Gasteiger partial charge in [0, 0.05) is 65.3 Å². The van der Waals surface area contributed by atoms with Gasteiger partial charge < -0.3 is 13.8 Å². The van der Waals surface area contributed by atoms with Crippen molar-refractivity contribution in [3.8, 4) is 11.1 Å². The summed E-state index contributed by atoms with van der Waals surface area (Å²) in [6, 6.07) is 43.2. The van der Waals surface area contributed by atoms with Crippen molar-refractivity contribution in [1.29, 1.82) is 0 Å². The number of hydrogen-bond donors (Lipinski definition) is 0. The molecule has 0 bridgehead atoms. The largest absolute Gasteiger partial charge is 0.455 e. The highest BCUT2D eigenvalue weighted by molar-refractivity contribution is 7.26. The van der Waals surface area contributed by atoms with Crippen molar-refractivity contribution in [3.05, 3.63) is 115 Å².